The number of para-hydroxylation sites is 2. The van der Waals surface area contributed by atoms with E-state index in [2.05, 4.69) is 22.1 Å². The fourth-order valence-corrected chi connectivity index (χ4v) is 4.81. The van der Waals surface area contributed by atoms with Crippen LogP contribution in [0.15, 0.2) is 65.6 Å². The summed E-state index contributed by atoms with van der Waals surface area (Å²) in [7, 11) is 1.65. The molecule has 3 heterocycles. The second-order valence-corrected chi connectivity index (χ2v) is 8.29. The van der Waals surface area contributed by atoms with Gasteiger partial charge < -0.3 is 14.4 Å². The second kappa shape index (κ2) is 8.15. The van der Waals surface area contributed by atoms with E-state index in [-0.39, 0.29) is 11.5 Å². The number of aromatic nitrogens is 3. The fourth-order valence-electron chi connectivity index (χ4n) is 4.81. The van der Waals surface area contributed by atoms with Gasteiger partial charge in [-0.3, -0.25) is 9.59 Å². The van der Waals surface area contributed by atoms with Crippen LogP contribution in [0.1, 0.15) is 19.4 Å². The molecule has 1 amide bonds. The minimum Gasteiger partial charge on any atom is -0.368 e. The molecule has 4 aromatic rings. The van der Waals surface area contributed by atoms with Crippen LogP contribution in [-0.4, -0.2) is 51.3 Å². The molecule has 7 nitrogen and oxygen atoms in total. The molecule has 164 valence electrons. The van der Waals surface area contributed by atoms with Crippen LogP contribution in [0.25, 0.3) is 21.8 Å². The summed E-state index contributed by atoms with van der Waals surface area (Å²) in [5.41, 5.74) is 2.45. The van der Waals surface area contributed by atoms with Gasteiger partial charge >= 0.3 is 0 Å². The molecule has 1 unspecified atom stereocenters. The Morgan fingerprint density at radius 2 is 1.66 bits per heavy atom. The number of carbonyl (C=O) groups is 1. The molecule has 1 fully saturated rings. The molecule has 0 bridgehead atoms. The number of hydrogen-bond acceptors (Lipinski definition) is 4. The Hall–Kier alpha value is -3.61. The molecule has 1 aliphatic rings. The molecular formula is C25H27N5O2. The summed E-state index contributed by atoms with van der Waals surface area (Å²) in [6, 6.07) is 17.7. The number of piperazine rings is 1. The van der Waals surface area contributed by atoms with Crippen LogP contribution < -0.4 is 10.5 Å². The third-order valence-corrected chi connectivity index (χ3v) is 6.50. The van der Waals surface area contributed by atoms with Crippen LogP contribution in [0.2, 0.25) is 0 Å². The van der Waals surface area contributed by atoms with E-state index in [1.54, 1.807) is 13.2 Å². The standard InChI is InChI=1S/C25H27N5O2/c1-3-21(24(31)29-15-13-28(14-16-29)18-9-5-4-6-10-18)30-22-12-8-7-11-19(22)20-17-26-27(2)25(32)23(20)30/h4-12,17,21H,3,13-16H2,1-2H3. The maximum Gasteiger partial charge on any atom is 0.291 e. The Kier molecular flexibility index (Phi) is 5.17. The summed E-state index contributed by atoms with van der Waals surface area (Å²) in [5, 5.41) is 5.96. The topological polar surface area (TPSA) is 63.4 Å². The van der Waals surface area contributed by atoms with Crippen molar-refractivity contribution in [1.82, 2.24) is 19.2 Å². The first-order chi connectivity index (χ1) is 15.6. The van der Waals surface area contributed by atoms with E-state index < -0.39 is 6.04 Å². The van der Waals surface area contributed by atoms with E-state index in [0.717, 1.165) is 29.4 Å². The molecule has 1 aliphatic heterocycles. The Bertz CT molecular complexity index is 1330. The van der Waals surface area contributed by atoms with Crippen LogP contribution in [0, 0.1) is 0 Å². The molecule has 0 saturated carbocycles. The Morgan fingerprint density at radius 1 is 0.969 bits per heavy atom. The summed E-state index contributed by atoms with van der Waals surface area (Å²) in [6.45, 7) is 4.94. The summed E-state index contributed by atoms with van der Waals surface area (Å²) in [6.07, 6.45) is 2.34. The van der Waals surface area contributed by atoms with Crippen molar-refractivity contribution in [2.24, 2.45) is 7.05 Å². The van der Waals surface area contributed by atoms with Crippen molar-refractivity contribution >= 4 is 33.4 Å². The molecule has 0 aliphatic carbocycles. The molecule has 1 saturated heterocycles. The molecule has 2 aromatic heterocycles. The number of aryl methyl sites for hydroxylation is 1. The largest absolute Gasteiger partial charge is 0.368 e. The van der Waals surface area contributed by atoms with Gasteiger partial charge in [0.1, 0.15) is 11.6 Å². The molecule has 0 N–H and O–H groups in total. The number of carbonyl (C=O) groups excluding carboxylic acids is 1. The fraction of sp³-hybridized carbons (Fsp3) is 0.320. The van der Waals surface area contributed by atoms with Crippen molar-refractivity contribution in [2.45, 2.75) is 19.4 Å². The van der Waals surface area contributed by atoms with Crippen LogP contribution >= 0.6 is 0 Å². The van der Waals surface area contributed by atoms with E-state index in [1.165, 1.54) is 10.4 Å². The first kappa shape index (κ1) is 20.3. The average Bonchev–Trinajstić information content (AvgIpc) is 3.17. The first-order valence-electron chi connectivity index (χ1n) is 11.1. The quantitative estimate of drug-likeness (QED) is 0.500. The summed E-state index contributed by atoms with van der Waals surface area (Å²) in [4.78, 5) is 31.1. The highest BCUT2D eigenvalue weighted by Crippen LogP contribution is 2.32. The zero-order chi connectivity index (χ0) is 22.2. The van der Waals surface area contributed by atoms with Crippen LogP contribution in [0.4, 0.5) is 5.69 Å². The van der Waals surface area contributed by atoms with Gasteiger partial charge in [0, 0.05) is 49.7 Å². The van der Waals surface area contributed by atoms with Crippen molar-refractivity contribution in [3.63, 3.8) is 0 Å². The summed E-state index contributed by atoms with van der Waals surface area (Å²) >= 11 is 0. The Labute approximate surface area is 186 Å². The van der Waals surface area contributed by atoms with E-state index in [1.807, 2.05) is 58.9 Å². The van der Waals surface area contributed by atoms with Crippen molar-refractivity contribution in [2.75, 3.05) is 31.1 Å². The molecule has 2 aromatic carbocycles. The molecule has 7 heteroatoms. The number of hydrogen-bond donors (Lipinski definition) is 0. The summed E-state index contributed by atoms with van der Waals surface area (Å²) in [5.74, 6) is 0.0710. The summed E-state index contributed by atoms with van der Waals surface area (Å²) < 4.78 is 3.29. The van der Waals surface area contributed by atoms with Crippen LogP contribution in [0.3, 0.4) is 0 Å². The van der Waals surface area contributed by atoms with Crippen molar-refractivity contribution in [1.29, 1.82) is 0 Å². The third kappa shape index (κ3) is 3.25. The van der Waals surface area contributed by atoms with Gasteiger partial charge in [0.2, 0.25) is 5.91 Å². The Balaban J connectivity index is 1.51. The maximum atomic E-state index is 13.7. The van der Waals surface area contributed by atoms with E-state index >= 15 is 0 Å². The van der Waals surface area contributed by atoms with Crippen LogP contribution in [0.5, 0.6) is 0 Å². The molecule has 0 radical (unpaired) electrons. The molecular weight excluding hydrogens is 402 g/mol. The zero-order valence-electron chi connectivity index (χ0n) is 18.4. The lowest BCUT2D eigenvalue weighted by Gasteiger charge is -2.37. The van der Waals surface area contributed by atoms with Gasteiger partial charge in [-0.15, -0.1) is 0 Å². The van der Waals surface area contributed by atoms with Crippen molar-refractivity contribution in [3.05, 3.63) is 71.1 Å². The van der Waals surface area contributed by atoms with Gasteiger partial charge in [0.05, 0.1) is 11.7 Å². The number of nitrogens with zero attached hydrogens (tertiary/aromatic N) is 5. The SMILES string of the molecule is CCC(C(=O)N1CCN(c2ccccc2)CC1)n1c2ccccc2c2cnn(C)c(=O)c21. The van der Waals surface area contributed by atoms with E-state index in [4.69, 9.17) is 0 Å². The highest BCUT2D eigenvalue weighted by Gasteiger charge is 2.30. The predicted molar refractivity (Wildman–Crippen MR) is 127 cm³/mol. The van der Waals surface area contributed by atoms with Gasteiger partial charge in [-0.05, 0) is 24.6 Å². The van der Waals surface area contributed by atoms with Gasteiger partial charge in [0.25, 0.3) is 5.56 Å². The Morgan fingerprint density at radius 3 is 2.38 bits per heavy atom. The number of fused-ring (bicyclic) bond motifs is 3. The van der Waals surface area contributed by atoms with Gasteiger partial charge in [-0.2, -0.15) is 5.10 Å². The number of anilines is 1. The number of benzene rings is 2. The first-order valence-corrected chi connectivity index (χ1v) is 11.1. The highest BCUT2D eigenvalue weighted by atomic mass is 16.2. The second-order valence-electron chi connectivity index (χ2n) is 8.29. The van der Waals surface area contributed by atoms with Gasteiger partial charge in [0.15, 0.2) is 0 Å². The van der Waals surface area contributed by atoms with Crippen molar-refractivity contribution < 1.29 is 4.79 Å². The smallest absolute Gasteiger partial charge is 0.291 e. The maximum absolute atomic E-state index is 13.7. The van der Waals surface area contributed by atoms with Gasteiger partial charge in [-0.25, -0.2) is 4.68 Å². The molecule has 1 atom stereocenters. The molecule has 5 rings (SSSR count). The minimum absolute atomic E-state index is 0.0710. The molecule has 0 spiro atoms. The van der Waals surface area contributed by atoms with Crippen molar-refractivity contribution in [3.8, 4) is 0 Å². The van der Waals surface area contributed by atoms with Gasteiger partial charge in [-0.1, -0.05) is 43.3 Å². The lowest BCUT2D eigenvalue weighted by Crippen LogP contribution is -2.50. The van der Waals surface area contributed by atoms with E-state index in [0.29, 0.717) is 25.0 Å². The molecule has 32 heavy (non-hydrogen) atoms. The average molecular weight is 430 g/mol. The normalized spacial score (nSPS) is 15.4. The van der Waals surface area contributed by atoms with Crippen LogP contribution in [-0.2, 0) is 11.8 Å². The number of amides is 1. The predicted octanol–water partition coefficient (Wildman–Crippen LogP) is 3.19. The highest BCUT2D eigenvalue weighted by molar-refractivity contribution is 6.08. The monoisotopic (exact) mass is 429 g/mol. The minimum atomic E-state index is -0.434. The number of rotatable bonds is 4. The third-order valence-electron chi connectivity index (χ3n) is 6.50. The van der Waals surface area contributed by atoms with E-state index in [9.17, 15) is 9.59 Å². The zero-order valence-corrected chi connectivity index (χ0v) is 18.4. The lowest BCUT2D eigenvalue weighted by molar-refractivity contribution is -0.135. The lowest BCUT2D eigenvalue weighted by atomic mass is 10.1.